The third-order valence-electron chi connectivity index (χ3n) is 6.18. The Labute approximate surface area is 168 Å². The number of hydrogen-bond acceptors (Lipinski definition) is 3. The van der Waals surface area contributed by atoms with Crippen molar-refractivity contribution in [3.63, 3.8) is 0 Å². The lowest BCUT2D eigenvalue weighted by Crippen LogP contribution is -2.46. The summed E-state index contributed by atoms with van der Waals surface area (Å²) in [5.74, 6) is -0.243. The van der Waals surface area contributed by atoms with Gasteiger partial charge in [0.1, 0.15) is 6.54 Å². The number of aryl methyl sites for hydroxylation is 2. The summed E-state index contributed by atoms with van der Waals surface area (Å²) in [7, 11) is 2.40. The summed E-state index contributed by atoms with van der Waals surface area (Å²) < 4.78 is 6.31. The predicted octanol–water partition coefficient (Wildman–Crippen LogP) is 4.84. The first-order chi connectivity index (χ1) is 13.6. The molecule has 0 atom stereocenters. The second-order valence-corrected chi connectivity index (χ2v) is 8.49. The molecule has 1 N–H and O–H groups in total. The summed E-state index contributed by atoms with van der Waals surface area (Å²) in [4.78, 5) is 12.1. The summed E-state index contributed by atoms with van der Waals surface area (Å²) >= 11 is 0. The average Bonchev–Trinajstić information content (AvgIpc) is 2.87. The largest absolute Gasteiger partial charge is 0.462 e. The van der Waals surface area contributed by atoms with Gasteiger partial charge in [0, 0.05) is 16.9 Å². The molecule has 0 aromatic heterocycles. The number of carbonyl (C=O) groups excluding carboxylic acids is 1. The topological polar surface area (TPSA) is 38.3 Å². The van der Waals surface area contributed by atoms with Crippen LogP contribution in [0.4, 0.5) is 11.4 Å². The second kappa shape index (κ2) is 7.96. The van der Waals surface area contributed by atoms with Gasteiger partial charge in [-0.3, -0.25) is 0 Å². The fraction of sp³-hybridized carbons (Fsp3) is 0.458. The van der Waals surface area contributed by atoms with Gasteiger partial charge in [-0.15, -0.1) is 0 Å². The van der Waals surface area contributed by atoms with Gasteiger partial charge in [-0.1, -0.05) is 6.07 Å². The van der Waals surface area contributed by atoms with Gasteiger partial charge in [-0.2, -0.15) is 0 Å². The number of benzene rings is 2. The molecular formula is C24H31N2O2+. The van der Waals surface area contributed by atoms with E-state index in [-0.39, 0.29) is 5.97 Å². The summed E-state index contributed by atoms with van der Waals surface area (Å²) in [6, 6.07) is 12.7. The minimum Gasteiger partial charge on any atom is -0.462 e. The van der Waals surface area contributed by atoms with E-state index in [0.717, 1.165) is 29.6 Å². The van der Waals surface area contributed by atoms with Crippen molar-refractivity contribution in [1.29, 1.82) is 0 Å². The Hall–Kier alpha value is -2.33. The van der Waals surface area contributed by atoms with Gasteiger partial charge >= 0.3 is 5.97 Å². The number of ether oxygens (including phenoxy) is 1. The molecule has 0 unspecified atom stereocenters. The Morgan fingerprint density at radius 1 is 1.00 bits per heavy atom. The standard InChI is InChI=1S/C24H30N2O2/c1-3-28-24(27)21-10-12-23-20(16-21)9-8-19-15-18(7-11-22(19)25-23)17-26(2)13-5-4-6-14-26/h7,10-12,15-16H,3-6,8-9,13-14,17H2,1-2H3/p+1. The van der Waals surface area contributed by atoms with Crippen molar-refractivity contribution in [3.8, 4) is 0 Å². The minimum absolute atomic E-state index is 0.243. The molecule has 2 aliphatic rings. The monoisotopic (exact) mass is 379 g/mol. The number of nitrogens with one attached hydrogen (secondary N) is 1. The molecule has 4 heteroatoms. The molecule has 148 valence electrons. The van der Waals surface area contributed by atoms with Gasteiger partial charge in [0.15, 0.2) is 0 Å². The second-order valence-electron chi connectivity index (χ2n) is 8.49. The van der Waals surface area contributed by atoms with Crippen molar-refractivity contribution in [2.45, 2.75) is 45.6 Å². The van der Waals surface area contributed by atoms with Gasteiger partial charge in [0.05, 0.1) is 32.3 Å². The zero-order chi connectivity index (χ0) is 19.6. The van der Waals surface area contributed by atoms with Crippen LogP contribution in [0.15, 0.2) is 36.4 Å². The number of rotatable bonds is 4. The van der Waals surface area contributed by atoms with Crippen LogP contribution >= 0.6 is 0 Å². The first-order valence-corrected chi connectivity index (χ1v) is 10.6. The maximum atomic E-state index is 12.1. The number of hydrogen-bond donors (Lipinski definition) is 1. The number of carbonyl (C=O) groups is 1. The fourth-order valence-corrected chi connectivity index (χ4v) is 4.63. The summed E-state index contributed by atoms with van der Waals surface area (Å²) in [6.07, 6.45) is 5.99. The SMILES string of the molecule is CCOC(=O)c1ccc2c(c1)CCc1cc(C[N+]3(C)CCCCC3)ccc1N2. The van der Waals surface area contributed by atoms with E-state index >= 15 is 0 Å². The molecule has 0 spiro atoms. The van der Waals surface area contributed by atoms with E-state index in [0.29, 0.717) is 12.2 Å². The van der Waals surface area contributed by atoms with E-state index in [1.807, 2.05) is 25.1 Å². The Balaban J connectivity index is 1.53. The summed E-state index contributed by atoms with van der Waals surface area (Å²) in [5, 5.41) is 3.58. The molecule has 2 aliphatic heterocycles. The molecule has 0 saturated carbocycles. The molecule has 28 heavy (non-hydrogen) atoms. The average molecular weight is 380 g/mol. The maximum Gasteiger partial charge on any atom is 0.338 e. The number of piperidine rings is 1. The lowest BCUT2D eigenvalue weighted by atomic mass is 10.00. The summed E-state index contributed by atoms with van der Waals surface area (Å²) in [5.41, 5.74) is 6.90. The number of esters is 1. The molecule has 0 radical (unpaired) electrons. The fourth-order valence-electron chi connectivity index (χ4n) is 4.63. The quantitative estimate of drug-likeness (QED) is 0.610. The van der Waals surface area contributed by atoms with Crippen LogP contribution in [-0.2, 0) is 24.1 Å². The van der Waals surface area contributed by atoms with Crippen molar-refractivity contribution >= 4 is 17.3 Å². The number of quaternary nitrogens is 1. The number of anilines is 2. The van der Waals surface area contributed by atoms with Crippen molar-refractivity contribution in [2.24, 2.45) is 0 Å². The van der Waals surface area contributed by atoms with Gasteiger partial charge in [-0.25, -0.2) is 4.79 Å². The van der Waals surface area contributed by atoms with E-state index in [1.54, 1.807) is 0 Å². The van der Waals surface area contributed by atoms with Crippen LogP contribution in [0, 0.1) is 0 Å². The molecule has 2 heterocycles. The van der Waals surface area contributed by atoms with E-state index in [2.05, 4.69) is 30.6 Å². The van der Waals surface area contributed by atoms with E-state index in [4.69, 9.17) is 4.74 Å². The minimum atomic E-state index is -0.243. The first kappa shape index (κ1) is 19.0. The van der Waals surface area contributed by atoms with Crippen LogP contribution in [0.5, 0.6) is 0 Å². The highest BCUT2D eigenvalue weighted by Crippen LogP contribution is 2.32. The van der Waals surface area contributed by atoms with Gasteiger partial charge in [-0.05, 0) is 80.5 Å². The molecule has 4 rings (SSSR count). The number of likely N-dealkylation sites (tertiary alicyclic amines) is 1. The molecule has 0 bridgehead atoms. The van der Waals surface area contributed by atoms with Crippen molar-refractivity contribution in [1.82, 2.24) is 0 Å². The highest BCUT2D eigenvalue weighted by molar-refractivity contribution is 5.90. The van der Waals surface area contributed by atoms with Crippen molar-refractivity contribution in [3.05, 3.63) is 58.7 Å². The smallest absolute Gasteiger partial charge is 0.338 e. The van der Waals surface area contributed by atoms with Crippen LogP contribution in [0.25, 0.3) is 0 Å². The molecular weight excluding hydrogens is 348 g/mol. The molecule has 1 fully saturated rings. The Morgan fingerprint density at radius 2 is 1.68 bits per heavy atom. The maximum absolute atomic E-state index is 12.1. The third-order valence-corrected chi connectivity index (χ3v) is 6.18. The third kappa shape index (κ3) is 4.07. The molecule has 1 saturated heterocycles. The molecule has 2 aromatic rings. The van der Waals surface area contributed by atoms with Gasteiger partial charge in [0.2, 0.25) is 0 Å². The van der Waals surface area contributed by atoms with E-state index in [9.17, 15) is 4.79 Å². The Kier molecular flexibility index (Phi) is 5.40. The molecule has 0 amide bonds. The normalized spacial score (nSPS) is 17.6. The van der Waals surface area contributed by atoms with Crippen molar-refractivity contribution in [2.75, 3.05) is 32.1 Å². The van der Waals surface area contributed by atoms with Crippen LogP contribution in [-0.4, -0.2) is 37.2 Å². The molecule has 0 aliphatic carbocycles. The highest BCUT2D eigenvalue weighted by Gasteiger charge is 2.25. The number of fused-ring (bicyclic) bond motifs is 2. The van der Waals surface area contributed by atoms with Gasteiger partial charge in [0.25, 0.3) is 0 Å². The predicted molar refractivity (Wildman–Crippen MR) is 113 cm³/mol. The van der Waals surface area contributed by atoms with Crippen LogP contribution in [0.3, 0.4) is 0 Å². The van der Waals surface area contributed by atoms with Gasteiger partial charge < -0.3 is 14.5 Å². The lowest BCUT2D eigenvalue weighted by Gasteiger charge is -2.38. The molecule has 2 aromatic carbocycles. The zero-order valence-electron chi connectivity index (χ0n) is 17.1. The first-order valence-electron chi connectivity index (χ1n) is 10.6. The number of nitrogens with zero attached hydrogens (tertiary/aromatic N) is 1. The van der Waals surface area contributed by atoms with Crippen LogP contribution < -0.4 is 5.32 Å². The zero-order valence-corrected chi connectivity index (χ0v) is 17.1. The van der Waals surface area contributed by atoms with E-state index in [1.165, 1.54) is 54.7 Å². The van der Waals surface area contributed by atoms with Crippen LogP contribution in [0.2, 0.25) is 0 Å². The van der Waals surface area contributed by atoms with E-state index < -0.39 is 0 Å². The highest BCUT2D eigenvalue weighted by atomic mass is 16.5. The lowest BCUT2D eigenvalue weighted by molar-refractivity contribution is -0.926. The van der Waals surface area contributed by atoms with Crippen LogP contribution in [0.1, 0.15) is 53.2 Å². The Morgan fingerprint density at radius 3 is 2.39 bits per heavy atom. The van der Waals surface area contributed by atoms with Crippen molar-refractivity contribution < 1.29 is 14.0 Å². The Bertz CT molecular complexity index is 869. The summed E-state index contributed by atoms with van der Waals surface area (Å²) in [6.45, 7) is 5.94. The molecule has 4 nitrogen and oxygen atoms in total.